The van der Waals surface area contributed by atoms with E-state index in [1.54, 1.807) is 11.8 Å². The van der Waals surface area contributed by atoms with Crippen molar-refractivity contribution in [2.75, 3.05) is 25.2 Å². The second-order valence-corrected chi connectivity index (χ2v) is 3.69. The maximum atomic E-state index is 11.3. The summed E-state index contributed by atoms with van der Waals surface area (Å²) >= 11 is 1.68. The van der Waals surface area contributed by atoms with Gasteiger partial charge in [0.25, 0.3) is 0 Å². The van der Waals surface area contributed by atoms with Gasteiger partial charge in [0.15, 0.2) is 0 Å². The molecule has 1 saturated heterocycles. The predicted octanol–water partition coefficient (Wildman–Crippen LogP) is -1.49. The van der Waals surface area contributed by atoms with Crippen molar-refractivity contribution in [1.82, 2.24) is 16.0 Å². The summed E-state index contributed by atoms with van der Waals surface area (Å²) in [5.74, 6) is 1.30. The highest BCUT2D eigenvalue weighted by molar-refractivity contribution is 7.99. The first-order valence-corrected chi connectivity index (χ1v) is 5.19. The minimum atomic E-state index is -0.181. The van der Waals surface area contributed by atoms with E-state index in [4.69, 9.17) is 0 Å². The molecule has 13 heavy (non-hydrogen) atoms. The van der Waals surface area contributed by atoms with Gasteiger partial charge in [0.05, 0.1) is 12.6 Å². The molecule has 1 fully saturated rings. The van der Waals surface area contributed by atoms with Crippen LogP contribution in [0.1, 0.15) is 0 Å². The lowest BCUT2D eigenvalue weighted by Gasteiger charge is -2.09. The third kappa shape index (κ3) is 3.23. The van der Waals surface area contributed by atoms with Crippen molar-refractivity contribution < 1.29 is 9.59 Å². The fourth-order valence-corrected chi connectivity index (χ4v) is 1.88. The fraction of sp³-hybridized carbons (Fsp3) is 0.714. The number of carbonyl (C=O) groups excluding carboxylic acids is 2. The highest BCUT2D eigenvalue weighted by Crippen LogP contribution is 2.08. The molecule has 0 saturated carbocycles. The van der Waals surface area contributed by atoms with Crippen molar-refractivity contribution in [2.24, 2.45) is 0 Å². The molecule has 1 heterocycles. The topological polar surface area (TPSA) is 70.2 Å². The Kier molecular flexibility index (Phi) is 4.04. The quantitative estimate of drug-likeness (QED) is 0.523. The zero-order chi connectivity index (χ0) is 9.68. The summed E-state index contributed by atoms with van der Waals surface area (Å²) in [5, 5.41) is 8.00. The summed E-state index contributed by atoms with van der Waals surface area (Å²) < 4.78 is 0. The molecule has 0 aliphatic carbocycles. The Hall–Kier alpha value is -0.750. The van der Waals surface area contributed by atoms with Crippen molar-refractivity contribution in [3.8, 4) is 0 Å². The van der Waals surface area contributed by atoms with E-state index >= 15 is 0 Å². The van der Waals surface area contributed by atoms with Crippen LogP contribution in [0.3, 0.4) is 0 Å². The number of hydrogen-bond acceptors (Lipinski definition) is 4. The molecule has 0 radical (unpaired) electrons. The van der Waals surface area contributed by atoms with E-state index in [0.717, 1.165) is 11.6 Å². The highest BCUT2D eigenvalue weighted by atomic mass is 32.2. The number of thioether (sulfide) groups is 1. The van der Waals surface area contributed by atoms with Crippen molar-refractivity contribution in [3.05, 3.63) is 0 Å². The van der Waals surface area contributed by atoms with Gasteiger partial charge in [0.1, 0.15) is 0 Å². The van der Waals surface area contributed by atoms with Crippen LogP contribution in [0.5, 0.6) is 0 Å². The predicted molar refractivity (Wildman–Crippen MR) is 51.3 cm³/mol. The highest BCUT2D eigenvalue weighted by Gasteiger charge is 2.22. The van der Waals surface area contributed by atoms with E-state index in [1.165, 1.54) is 7.05 Å². The zero-order valence-electron chi connectivity index (χ0n) is 7.42. The normalized spacial score (nSPS) is 21.2. The Balaban J connectivity index is 2.20. The van der Waals surface area contributed by atoms with Gasteiger partial charge in [-0.3, -0.25) is 14.9 Å². The third-order valence-corrected chi connectivity index (χ3v) is 2.67. The van der Waals surface area contributed by atoms with Crippen molar-refractivity contribution >= 4 is 23.6 Å². The standard InChI is InChI=1S/C7H13N3O2S/c1-8-6(11)2-9-7(12)5-3-13-4-10-5/h5,10H,2-4H2,1H3,(H,8,11)(H,9,12). The van der Waals surface area contributed by atoms with E-state index in [2.05, 4.69) is 16.0 Å². The van der Waals surface area contributed by atoms with E-state index in [-0.39, 0.29) is 24.4 Å². The SMILES string of the molecule is CNC(=O)CNC(=O)C1CSCN1. The minimum Gasteiger partial charge on any atom is -0.358 e. The van der Waals surface area contributed by atoms with Gasteiger partial charge in [-0.15, -0.1) is 11.8 Å². The molecular weight excluding hydrogens is 190 g/mol. The van der Waals surface area contributed by atoms with Gasteiger partial charge in [0.2, 0.25) is 11.8 Å². The Labute approximate surface area is 81.0 Å². The summed E-state index contributed by atoms with van der Waals surface area (Å²) in [6.07, 6.45) is 0. The Bertz CT molecular complexity index is 204. The van der Waals surface area contributed by atoms with Crippen molar-refractivity contribution in [1.29, 1.82) is 0 Å². The molecule has 1 unspecified atom stereocenters. The van der Waals surface area contributed by atoms with Crippen LogP contribution in [0.4, 0.5) is 0 Å². The first-order chi connectivity index (χ1) is 6.24. The second kappa shape index (κ2) is 5.08. The third-order valence-electron chi connectivity index (χ3n) is 1.73. The minimum absolute atomic E-state index is 0.0537. The summed E-state index contributed by atoms with van der Waals surface area (Å²) in [6, 6.07) is -0.144. The maximum absolute atomic E-state index is 11.3. The number of rotatable bonds is 3. The van der Waals surface area contributed by atoms with Crippen LogP contribution in [-0.2, 0) is 9.59 Å². The van der Waals surface area contributed by atoms with Crippen LogP contribution < -0.4 is 16.0 Å². The molecular formula is C7H13N3O2S. The van der Waals surface area contributed by atoms with Gasteiger partial charge in [-0.05, 0) is 0 Å². The van der Waals surface area contributed by atoms with Gasteiger partial charge in [-0.1, -0.05) is 0 Å². The van der Waals surface area contributed by atoms with E-state index in [0.29, 0.717) is 0 Å². The summed E-state index contributed by atoms with van der Waals surface area (Å²) in [5.41, 5.74) is 0. The van der Waals surface area contributed by atoms with E-state index in [9.17, 15) is 9.59 Å². The largest absolute Gasteiger partial charge is 0.358 e. The van der Waals surface area contributed by atoms with Gasteiger partial charge in [-0.25, -0.2) is 0 Å². The number of carbonyl (C=O) groups is 2. The number of nitrogens with one attached hydrogen (secondary N) is 3. The maximum Gasteiger partial charge on any atom is 0.239 e. The zero-order valence-corrected chi connectivity index (χ0v) is 8.24. The molecule has 5 nitrogen and oxygen atoms in total. The molecule has 0 aromatic carbocycles. The lowest BCUT2D eigenvalue weighted by atomic mass is 10.3. The lowest BCUT2D eigenvalue weighted by molar-refractivity contribution is -0.126. The molecule has 0 aromatic rings. The van der Waals surface area contributed by atoms with Crippen molar-refractivity contribution in [3.63, 3.8) is 0 Å². The summed E-state index contributed by atoms with van der Waals surface area (Å²) in [4.78, 5) is 22.1. The lowest BCUT2D eigenvalue weighted by Crippen LogP contribution is -2.45. The van der Waals surface area contributed by atoms with Gasteiger partial charge in [0, 0.05) is 18.7 Å². The Morgan fingerprint density at radius 1 is 1.62 bits per heavy atom. The van der Waals surface area contributed by atoms with E-state index < -0.39 is 0 Å². The van der Waals surface area contributed by atoms with E-state index in [1.807, 2.05) is 0 Å². The molecule has 0 bridgehead atoms. The first kappa shape index (κ1) is 10.3. The molecule has 1 aliphatic rings. The molecule has 0 spiro atoms. The van der Waals surface area contributed by atoms with Crippen LogP contribution in [0.15, 0.2) is 0 Å². The molecule has 6 heteroatoms. The molecule has 1 atom stereocenters. The average molecular weight is 203 g/mol. The molecule has 1 aliphatic heterocycles. The Morgan fingerprint density at radius 2 is 2.38 bits per heavy atom. The molecule has 3 N–H and O–H groups in total. The van der Waals surface area contributed by atoms with Crippen LogP contribution >= 0.6 is 11.8 Å². The van der Waals surface area contributed by atoms with Gasteiger partial charge in [-0.2, -0.15) is 0 Å². The Morgan fingerprint density at radius 3 is 2.92 bits per heavy atom. The van der Waals surface area contributed by atoms with Crippen LogP contribution in [-0.4, -0.2) is 43.1 Å². The van der Waals surface area contributed by atoms with Gasteiger partial charge >= 0.3 is 0 Å². The number of amides is 2. The molecule has 2 amide bonds. The fourth-order valence-electron chi connectivity index (χ4n) is 0.943. The average Bonchev–Trinajstić information content (AvgIpc) is 2.66. The molecule has 0 aromatic heterocycles. The van der Waals surface area contributed by atoms with Crippen LogP contribution in [0, 0.1) is 0 Å². The summed E-state index contributed by atoms with van der Waals surface area (Å²) in [7, 11) is 1.54. The second-order valence-electron chi connectivity index (χ2n) is 2.66. The summed E-state index contributed by atoms with van der Waals surface area (Å²) in [6.45, 7) is 0.0537. The van der Waals surface area contributed by atoms with Gasteiger partial charge < -0.3 is 10.6 Å². The smallest absolute Gasteiger partial charge is 0.239 e. The van der Waals surface area contributed by atoms with Crippen molar-refractivity contribution in [2.45, 2.75) is 6.04 Å². The van der Waals surface area contributed by atoms with Crippen LogP contribution in [0.2, 0.25) is 0 Å². The van der Waals surface area contributed by atoms with Crippen LogP contribution in [0.25, 0.3) is 0 Å². The number of likely N-dealkylation sites (N-methyl/N-ethyl adjacent to an activating group) is 1. The monoisotopic (exact) mass is 203 g/mol. The molecule has 74 valence electrons. The first-order valence-electron chi connectivity index (χ1n) is 4.03. The number of hydrogen-bond donors (Lipinski definition) is 3. The molecule has 1 rings (SSSR count).